The summed E-state index contributed by atoms with van der Waals surface area (Å²) in [5.41, 5.74) is 0.361. The number of para-hydroxylation sites is 2. The topological polar surface area (TPSA) is 95.5 Å². The molecule has 0 heterocycles. The SMILES string of the molecule is C[Si]OC(c1ccccc1[N+](=O)[O-])c1ccccc1[N+](=O)[O-]. The summed E-state index contributed by atoms with van der Waals surface area (Å²) >= 11 is 0. The average molecular weight is 316 g/mol. The third kappa shape index (κ3) is 3.18. The second kappa shape index (κ2) is 6.92. The average Bonchev–Trinajstić information content (AvgIpc) is 2.52. The lowest BCUT2D eigenvalue weighted by Gasteiger charge is -2.18. The third-order valence-corrected chi connectivity index (χ3v) is 3.54. The second-order valence-electron chi connectivity index (χ2n) is 4.33. The van der Waals surface area contributed by atoms with E-state index < -0.39 is 16.0 Å². The first-order valence-corrected chi connectivity index (χ1v) is 7.76. The van der Waals surface area contributed by atoms with Gasteiger partial charge in [0.25, 0.3) is 11.4 Å². The van der Waals surface area contributed by atoms with Gasteiger partial charge >= 0.3 is 0 Å². The molecule has 0 fully saturated rings. The van der Waals surface area contributed by atoms with E-state index in [1.54, 1.807) is 42.9 Å². The summed E-state index contributed by atoms with van der Waals surface area (Å²) in [6.45, 7) is 1.76. The molecule has 0 spiro atoms. The molecule has 112 valence electrons. The van der Waals surface area contributed by atoms with E-state index in [9.17, 15) is 20.2 Å². The molecule has 7 nitrogen and oxygen atoms in total. The van der Waals surface area contributed by atoms with Crippen LogP contribution in [-0.4, -0.2) is 19.6 Å². The third-order valence-electron chi connectivity index (χ3n) is 3.07. The Balaban J connectivity index is 2.62. The Labute approximate surface area is 128 Å². The summed E-state index contributed by atoms with van der Waals surface area (Å²) < 4.78 is 5.61. The van der Waals surface area contributed by atoms with Crippen molar-refractivity contribution < 1.29 is 14.3 Å². The molecule has 0 aromatic heterocycles. The zero-order chi connectivity index (χ0) is 16.1. The van der Waals surface area contributed by atoms with Gasteiger partial charge in [-0.15, -0.1) is 0 Å². The van der Waals surface area contributed by atoms with Gasteiger partial charge in [-0.05, 0) is 18.7 Å². The van der Waals surface area contributed by atoms with Crippen molar-refractivity contribution in [3.8, 4) is 0 Å². The maximum absolute atomic E-state index is 11.2. The highest BCUT2D eigenvalue weighted by molar-refractivity contribution is 6.25. The molecule has 2 rings (SSSR count). The Kier molecular flexibility index (Phi) is 4.97. The zero-order valence-corrected chi connectivity index (χ0v) is 12.6. The number of nitro benzene ring substituents is 2. The van der Waals surface area contributed by atoms with Crippen molar-refractivity contribution in [3.63, 3.8) is 0 Å². The molecule has 2 radical (unpaired) electrons. The highest BCUT2D eigenvalue weighted by atomic mass is 28.2. The fraction of sp³-hybridized carbons (Fsp3) is 0.143. The van der Waals surface area contributed by atoms with E-state index >= 15 is 0 Å². The molecular weight excluding hydrogens is 304 g/mol. The summed E-state index contributed by atoms with van der Waals surface area (Å²) in [4.78, 5) is 21.4. The number of nitrogens with zero attached hydrogens (tertiary/aromatic N) is 2. The number of hydrogen-bond donors (Lipinski definition) is 0. The number of nitro groups is 2. The molecule has 0 aliphatic carbocycles. The van der Waals surface area contributed by atoms with Crippen LogP contribution in [0.3, 0.4) is 0 Å². The zero-order valence-electron chi connectivity index (χ0n) is 11.6. The fourth-order valence-electron chi connectivity index (χ4n) is 2.16. The Bertz CT molecular complexity index is 650. The van der Waals surface area contributed by atoms with E-state index in [1.807, 2.05) is 0 Å². The van der Waals surface area contributed by atoms with Crippen molar-refractivity contribution in [3.05, 3.63) is 79.9 Å². The highest BCUT2D eigenvalue weighted by Gasteiger charge is 2.28. The van der Waals surface area contributed by atoms with Crippen LogP contribution in [0.25, 0.3) is 0 Å². The Morgan fingerprint density at radius 2 is 1.32 bits per heavy atom. The first-order chi connectivity index (χ1) is 10.6. The summed E-state index contributed by atoms with van der Waals surface area (Å²) in [5, 5.41) is 22.4. The Morgan fingerprint density at radius 3 is 1.68 bits per heavy atom. The molecule has 0 saturated carbocycles. The minimum absolute atomic E-state index is 0.0238. The standard InChI is InChI=1S/C14H12N2O5Si/c1-22-21-14(10-6-2-4-8-12(10)15(17)18)11-7-3-5-9-13(11)16(19)20/h2-9,14H,1H3. The molecule has 0 N–H and O–H groups in total. The van der Waals surface area contributed by atoms with Crippen LogP contribution in [0.5, 0.6) is 0 Å². The van der Waals surface area contributed by atoms with Gasteiger partial charge in [0, 0.05) is 12.1 Å². The minimum Gasteiger partial charge on any atom is -0.406 e. The van der Waals surface area contributed by atoms with E-state index in [1.165, 1.54) is 12.1 Å². The molecule has 2 aromatic carbocycles. The minimum atomic E-state index is -0.855. The molecule has 0 amide bonds. The molecule has 0 saturated heterocycles. The fourth-order valence-corrected chi connectivity index (χ4v) is 2.65. The Morgan fingerprint density at radius 1 is 0.909 bits per heavy atom. The van der Waals surface area contributed by atoms with Crippen LogP contribution < -0.4 is 0 Å². The molecule has 0 atom stereocenters. The van der Waals surface area contributed by atoms with Gasteiger partial charge in [0.1, 0.15) is 6.10 Å². The van der Waals surface area contributed by atoms with Crippen molar-refractivity contribution in [1.29, 1.82) is 0 Å². The van der Waals surface area contributed by atoms with E-state index in [0.29, 0.717) is 11.1 Å². The van der Waals surface area contributed by atoms with Crippen LogP contribution in [0.2, 0.25) is 6.55 Å². The lowest BCUT2D eigenvalue weighted by atomic mass is 9.98. The quantitative estimate of drug-likeness (QED) is 0.463. The lowest BCUT2D eigenvalue weighted by molar-refractivity contribution is -0.387. The predicted molar refractivity (Wildman–Crippen MR) is 80.7 cm³/mol. The van der Waals surface area contributed by atoms with Gasteiger partial charge in [-0.1, -0.05) is 24.3 Å². The summed E-state index contributed by atoms with van der Waals surface area (Å²) in [6, 6.07) is 12.2. The lowest BCUT2D eigenvalue weighted by Crippen LogP contribution is -2.12. The van der Waals surface area contributed by atoms with Crippen LogP contribution in [-0.2, 0) is 4.43 Å². The number of hydrogen-bond acceptors (Lipinski definition) is 5. The van der Waals surface area contributed by atoms with Gasteiger partial charge in [-0.25, -0.2) is 0 Å². The Hall–Kier alpha value is -2.58. The molecule has 0 aliphatic rings. The van der Waals surface area contributed by atoms with Crippen molar-refractivity contribution in [2.24, 2.45) is 0 Å². The van der Waals surface area contributed by atoms with Crippen LogP contribution in [0.15, 0.2) is 48.5 Å². The summed E-state index contributed by atoms with van der Waals surface area (Å²) in [7, 11) is 0.0238. The molecular formula is C14H12N2O5Si. The highest BCUT2D eigenvalue weighted by Crippen LogP contribution is 2.36. The largest absolute Gasteiger partial charge is 0.406 e. The van der Waals surface area contributed by atoms with Crippen molar-refractivity contribution in [2.75, 3.05) is 0 Å². The van der Waals surface area contributed by atoms with Crippen molar-refractivity contribution in [1.82, 2.24) is 0 Å². The van der Waals surface area contributed by atoms with Crippen molar-refractivity contribution >= 4 is 21.1 Å². The molecule has 2 aromatic rings. The molecule has 22 heavy (non-hydrogen) atoms. The number of benzene rings is 2. The van der Waals surface area contributed by atoms with Gasteiger partial charge in [0.05, 0.1) is 21.0 Å². The van der Waals surface area contributed by atoms with E-state index in [4.69, 9.17) is 4.43 Å². The maximum Gasteiger partial charge on any atom is 0.275 e. The van der Waals surface area contributed by atoms with E-state index in [0.717, 1.165) is 0 Å². The van der Waals surface area contributed by atoms with Gasteiger partial charge in [-0.2, -0.15) is 0 Å². The van der Waals surface area contributed by atoms with Crippen LogP contribution in [0.1, 0.15) is 17.2 Å². The molecule has 8 heteroatoms. The summed E-state index contributed by atoms with van der Waals surface area (Å²) in [5.74, 6) is 0. The van der Waals surface area contributed by atoms with Crippen LogP contribution in [0.4, 0.5) is 11.4 Å². The van der Waals surface area contributed by atoms with Gasteiger partial charge < -0.3 is 4.43 Å². The van der Waals surface area contributed by atoms with Gasteiger partial charge in [0.2, 0.25) is 9.76 Å². The monoisotopic (exact) mass is 316 g/mol. The van der Waals surface area contributed by atoms with Crippen LogP contribution >= 0.6 is 0 Å². The van der Waals surface area contributed by atoms with Gasteiger partial charge in [0.15, 0.2) is 0 Å². The first kappa shape index (κ1) is 15.8. The van der Waals surface area contributed by atoms with Crippen LogP contribution in [0, 0.1) is 20.2 Å². The van der Waals surface area contributed by atoms with Gasteiger partial charge in [-0.3, -0.25) is 20.2 Å². The van der Waals surface area contributed by atoms with E-state index in [-0.39, 0.29) is 21.1 Å². The van der Waals surface area contributed by atoms with Crippen molar-refractivity contribution in [2.45, 2.75) is 12.7 Å². The maximum atomic E-state index is 11.2. The predicted octanol–water partition coefficient (Wildman–Crippen LogP) is 3.28. The molecule has 0 bridgehead atoms. The first-order valence-electron chi connectivity index (χ1n) is 6.35. The number of rotatable bonds is 6. The van der Waals surface area contributed by atoms with E-state index in [2.05, 4.69) is 0 Å². The second-order valence-corrected chi connectivity index (χ2v) is 4.98. The molecule has 0 unspecified atom stereocenters. The summed E-state index contributed by atoms with van der Waals surface area (Å²) in [6.07, 6.45) is -0.855. The molecule has 0 aliphatic heterocycles. The smallest absolute Gasteiger partial charge is 0.275 e. The normalized spacial score (nSPS) is 10.6.